The van der Waals surface area contributed by atoms with Crippen LogP contribution in [0.5, 0.6) is 11.5 Å². The number of hydrogen-bond acceptors (Lipinski definition) is 4. The van der Waals surface area contributed by atoms with Gasteiger partial charge in [0.05, 0.1) is 13.7 Å². The smallest absolute Gasteiger partial charge is 0.243 e. The summed E-state index contributed by atoms with van der Waals surface area (Å²) in [5.74, 6) is 1.46. The predicted octanol–water partition coefficient (Wildman–Crippen LogP) is 5.11. The monoisotopic (exact) mass is 466 g/mol. The van der Waals surface area contributed by atoms with E-state index >= 15 is 0 Å². The summed E-state index contributed by atoms with van der Waals surface area (Å²) in [6, 6.07) is 17.0. The zero-order valence-corrected chi connectivity index (χ0v) is 20.5. The van der Waals surface area contributed by atoms with Crippen LogP contribution < -0.4 is 14.8 Å². The first-order chi connectivity index (χ1) is 16.6. The summed E-state index contributed by atoms with van der Waals surface area (Å²) < 4.78 is 10.9. The van der Waals surface area contributed by atoms with Crippen molar-refractivity contribution in [2.45, 2.75) is 76.9 Å². The number of methoxy groups -OCH3 is 1. The van der Waals surface area contributed by atoms with Crippen LogP contribution in [0.2, 0.25) is 0 Å². The van der Waals surface area contributed by atoms with Gasteiger partial charge >= 0.3 is 0 Å². The second-order valence-electron chi connectivity index (χ2n) is 8.90. The van der Waals surface area contributed by atoms with Gasteiger partial charge < -0.3 is 19.7 Å². The fourth-order valence-corrected chi connectivity index (χ4v) is 4.47. The highest BCUT2D eigenvalue weighted by Crippen LogP contribution is 2.20. The average molecular weight is 467 g/mol. The fraction of sp³-hybridized carbons (Fsp3) is 0.500. The number of carbonyl (C=O) groups is 2. The number of nitrogens with zero attached hydrogens (tertiary/aromatic N) is 1. The van der Waals surface area contributed by atoms with Crippen molar-refractivity contribution < 1.29 is 19.1 Å². The topological polar surface area (TPSA) is 67.9 Å². The summed E-state index contributed by atoms with van der Waals surface area (Å²) in [5, 5.41) is 3.22. The van der Waals surface area contributed by atoms with E-state index in [1.165, 1.54) is 6.42 Å². The summed E-state index contributed by atoms with van der Waals surface area (Å²) in [5.41, 5.74) is 1.02. The first-order valence-electron chi connectivity index (χ1n) is 12.5. The molecule has 0 radical (unpaired) electrons. The number of benzene rings is 2. The number of ether oxygens (including phenoxy) is 2. The normalized spacial score (nSPS) is 14.8. The van der Waals surface area contributed by atoms with Gasteiger partial charge in [0.25, 0.3) is 0 Å². The third-order valence-electron chi connectivity index (χ3n) is 6.40. The molecule has 2 amide bonds. The van der Waals surface area contributed by atoms with Crippen molar-refractivity contribution in [3.05, 3.63) is 60.2 Å². The molecule has 1 aliphatic carbocycles. The zero-order chi connectivity index (χ0) is 24.2. The lowest BCUT2D eigenvalue weighted by Gasteiger charge is -2.33. The first kappa shape index (κ1) is 25.6. The van der Waals surface area contributed by atoms with Gasteiger partial charge in [-0.15, -0.1) is 0 Å². The van der Waals surface area contributed by atoms with Crippen molar-refractivity contribution in [1.82, 2.24) is 10.2 Å². The molecule has 0 saturated heterocycles. The maximum atomic E-state index is 13.3. The summed E-state index contributed by atoms with van der Waals surface area (Å²) in [6.45, 7) is 2.83. The van der Waals surface area contributed by atoms with E-state index in [1.807, 2.05) is 61.5 Å². The van der Waals surface area contributed by atoms with Gasteiger partial charge in [0.1, 0.15) is 17.5 Å². The van der Waals surface area contributed by atoms with E-state index in [4.69, 9.17) is 9.47 Å². The molecule has 1 fully saturated rings. The lowest BCUT2D eigenvalue weighted by atomic mass is 9.95. The van der Waals surface area contributed by atoms with Crippen molar-refractivity contribution in [3.63, 3.8) is 0 Å². The van der Waals surface area contributed by atoms with Crippen LogP contribution in [0.3, 0.4) is 0 Å². The average Bonchev–Trinajstić information content (AvgIpc) is 2.88. The van der Waals surface area contributed by atoms with Crippen molar-refractivity contribution in [3.8, 4) is 11.5 Å². The van der Waals surface area contributed by atoms with E-state index in [1.54, 1.807) is 12.0 Å². The maximum Gasteiger partial charge on any atom is 0.243 e. The van der Waals surface area contributed by atoms with Crippen LogP contribution in [0.1, 0.15) is 63.9 Å². The van der Waals surface area contributed by atoms with Crippen LogP contribution in [-0.2, 0) is 16.1 Å². The summed E-state index contributed by atoms with van der Waals surface area (Å²) in [7, 11) is 1.63. The van der Waals surface area contributed by atoms with Gasteiger partial charge in [-0.2, -0.15) is 0 Å². The molecule has 6 heteroatoms. The molecule has 34 heavy (non-hydrogen) atoms. The van der Waals surface area contributed by atoms with Crippen molar-refractivity contribution in [2.75, 3.05) is 13.7 Å². The first-order valence-corrected chi connectivity index (χ1v) is 12.5. The molecule has 0 heterocycles. The van der Waals surface area contributed by atoms with E-state index < -0.39 is 6.04 Å². The molecule has 0 aromatic heterocycles. The van der Waals surface area contributed by atoms with E-state index in [9.17, 15) is 9.59 Å². The molecule has 6 nitrogen and oxygen atoms in total. The number of amides is 2. The van der Waals surface area contributed by atoms with Gasteiger partial charge in [0.2, 0.25) is 11.8 Å². The Hall–Kier alpha value is -3.02. The highest BCUT2D eigenvalue weighted by molar-refractivity contribution is 5.87. The van der Waals surface area contributed by atoms with Crippen molar-refractivity contribution in [2.24, 2.45) is 0 Å². The molecular weight excluding hydrogens is 428 g/mol. The van der Waals surface area contributed by atoms with Gasteiger partial charge in [-0.3, -0.25) is 9.59 Å². The van der Waals surface area contributed by atoms with Crippen LogP contribution in [-0.4, -0.2) is 42.5 Å². The molecule has 0 spiro atoms. The second kappa shape index (κ2) is 13.6. The van der Waals surface area contributed by atoms with E-state index in [0.29, 0.717) is 32.4 Å². The highest BCUT2D eigenvalue weighted by Gasteiger charge is 2.30. The molecule has 2 aromatic carbocycles. The third-order valence-corrected chi connectivity index (χ3v) is 6.40. The molecule has 0 bridgehead atoms. The number of carbonyl (C=O) groups excluding carboxylic acids is 2. The van der Waals surface area contributed by atoms with Crippen LogP contribution in [0.25, 0.3) is 0 Å². The lowest BCUT2D eigenvalue weighted by Crippen LogP contribution is -2.51. The Morgan fingerprint density at radius 3 is 2.32 bits per heavy atom. The van der Waals surface area contributed by atoms with E-state index in [0.717, 1.165) is 42.7 Å². The Bertz CT molecular complexity index is 879. The van der Waals surface area contributed by atoms with Crippen LogP contribution in [0.4, 0.5) is 0 Å². The summed E-state index contributed by atoms with van der Waals surface area (Å²) in [6.07, 6.45) is 7.09. The molecule has 1 aliphatic rings. The summed E-state index contributed by atoms with van der Waals surface area (Å²) in [4.78, 5) is 28.3. The molecule has 1 atom stereocenters. The van der Waals surface area contributed by atoms with Crippen LogP contribution in [0, 0.1) is 0 Å². The number of hydrogen-bond donors (Lipinski definition) is 1. The van der Waals surface area contributed by atoms with Gasteiger partial charge in [0.15, 0.2) is 0 Å². The molecule has 0 unspecified atom stereocenters. The molecule has 1 N–H and O–H groups in total. The molecule has 1 saturated carbocycles. The minimum Gasteiger partial charge on any atom is -0.497 e. The fourth-order valence-electron chi connectivity index (χ4n) is 4.47. The molecular formula is C28H38N2O4. The number of rotatable bonds is 12. The van der Waals surface area contributed by atoms with Gasteiger partial charge in [0, 0.05) is 19.0 Å². The van der Waals surface area contributed by atoms with Crippen LogP contribution in [0.15, 0.2) is 54.6 Å². The maximum absolute atomic E-state index is 13.3. The van der Waals surface area contributed by atoms with E-state index in [2.05, 4.69) is 5.32 Å². The minimum atomic E-state index is -0.475. The highest BCUT2D eigenvalue weighted by atomic mass is 16.5. The van der Waals surface area contributed by atoms with Gasteiger partial charge in [-0.05, 0) is 55.5 Å². The summed E-state index contributed by atoms with van der Waals surface area (Å²) >= 11 is 0. The Balaban J connectivity index is 1.60. The van der Waals surface area contributed by atoms with Gasteiger partial charge in [-0.25, -0.2) is 0 Å². The second-order valence-corrected chi connectivity index (χ2v) is 8.90. The van der Waals surface area contributed by atoms with Crippen molar-refractivity contribution >= 4 is 11.8 Å². The Labute approximate surface area is 203 Å². The lowest BCUT2D eigenvalue weighted by molar-refractivity contribution is -0.142. The van der Waals surface area contributed by atoms with Gasteiger partial charge in [-0.1, -0.05) is 56.5 Å². The Morgan fingerprint density at radius 1 is 1.00 bits per heavy atom. The van der Waals surface area contributed by atoms with E-state index in [-0.39, 0.29) is 17.9 Å². The molecule has 2 aromatic rings. The Morgan fingerprint density at radius 2 is 1.68 bits per heavy atom. The van der Waals surface area contributed by atoms with Crippen LogP contribution >= 0.6 is 0 Å². The SMILES string of the molecule is CC[C@H](C(=O)NC1CCCCC1)N(Cc1ccccc1)C(=O)CCCOc1ccc(OC)cc1. The minimum absolute atomic E-state index is 0.0205. The zero-order valence-electron chi connectivity index (χ0n) is 20.5. The quantitative estimate of drug-likeness (QED) is 0.442. The largest absolute Gasteiger partial charge is 0.497 e. The molecule has 0 aliphatic heterocycles. The third kappa shape index (κ3) is 7.79. The predicted molar refractivity (Wildman–Crippen MR) is 134 cm³/mol. The number of nitrogens with one attached hydrogen (secondary N) is 1. The molecule has 3 rings (SSSR count). The standard InChI is InChI=1S/C28H38N2O4/c1-3-26(28(32)29-23-13-8-5-9-14-23)30(21-22-11-6-4-7-12-22)27(31)15-10-20-34-25-18-16-24(33-2)17-19-25/h4,6-7,11-12,16-19,23,26H,3,5,8-10,13-15,20-21H2,1-2H3,(H,29,32)/t26-/m1/s1. The Kier molecular flexibility index (Phi) is 10.3. The van der Waals surface area contributed by atoms with Crippen molar-refractivity contribution in [1.29, 1.82) is 0 Å². The molecule has 184 valence electrons.